The molecule has 0 saturated carbocycles. The molecule has 0 saturated heterocycles. The lowest BCUT2D eigenvalue weighted by molar-refractivity contribution is 0.408. The first kappa shape index (κ1) is 25.2. The average molecular weight is 508 g/mol. The van der Waals surface area contributed by atoms with Crippen molar-refractivity contribution in [1.29, 1.82) is 0 Å². The Labute approximate surface area is 220 Å². The fraction of sp³-hybridized carbons (Fsp3) is 0.200. The zero-order chi connectivity index (χ0) is 26.6. The Morgan fingerprint density at radius 1 is 0.895 bits per heavy atom. The fourth-order valence-corrected chi connectivity index (χ4v) is 4.57. The number of hydrogen-bond acceptors (Lipinski definition) is 5. The minimum atomic E-state index is -0.254. The second kappa shape index (κ2) is 10.9. The van der Waals surface area contributed by atoms with Crippen molar-refractivity contribution in [3.8, 4) is 33.8 Å². The van der Waals surface area contributed by atoms with E-state index >= 15 is 0 Å². The first-order chi connectivity index (χ1) is 18.4. The summed E-state index contributed by atoms with van der Waals surface area (Å²) in [6.45, 7) is 5.28. The van der Waals surface area contributed by atoms with E-state index in [0.717, 1.165) is 61.3 Å². The second-order valence-electron chi connectivity index (χ2n) is 9.55. The number of H-pyrrole nitrogens is 2. The van der Waals surface area contributed by atoms with E-state index in [1.54, 1.807) is 30.9 Å². The lowest BCUT2D eigenvalue weighted by atomic mass is 10.0. The Morgan fingerprint density at radius 3 is 2.47 bits per heavy atom. The van der Waals surface area contributed by atoms with Crippen LogP contribution in [0, 0.1) is 12.7 Å². The van der Waals surface area contributed by atoms with Gasteiger partial charge in [-0.2, -0.15) is 5.10 Å². The Bertz CT molecular complexity index is 1670. The lowest BCUT2D eigenvalue weighted by Crippen LogP contribution is -2.11. The highest BCUT2D eigenvalue weighted by molar-refractivity contribution is 6.00. The fourth-order valence-electron chi connectivity index (χ4n) is 4.57. The smallest absolute Gasteiger partial charge is 0.138 e. The molecule has 0 spiro atoms. The molecule has 0 aliphatic heterocycles. The topological polar surface area (TPSA) is 86.4 Å². The van der Waals surface area contributed by atoms with E-state index in [0.29, 0.717) is 0 Å². The Balaban J connectivity index is 0.000000443. The molecule has 0 fully saturated rings. The second-order valence-corrected chi connectivity index (χ2v) is 9.55. The van der Waals surface area contributed by atoms with Crippen LogP contribution in [0.4, 0.5) is 4.39 Å². The molecular weight excluding hydrogens is 477 g/mol. The lowest BCUT2D eigenvalue weighted by Gasteiger charge is -2.05. The van der Waals surface area contributed by atoms with Gasteiger partial charge < -0.3 is 9.88 Å². The monoisotopic (exact) mass is 507 g/mol. The number of fused-ring (bicyclic) bond motifs is 2. The number of halogens is 1. The predicted molar refractivity (Wildman–Crippen MR) is 151 cm³/mol. The summed E-state index contributed by atoms with van der Waals surface area (Å²) in [5.41, 5.74) is 7.61. The van der Waals surface area contributed by atoms with Crippen LogP contribution >= 0.6 is 0 Å². The van der Waals surface area contributed by atoms with Gasteiger partial charge in [-0.25, -0.2) is 9.37 Å². The molecule has 4 heterocycles. The molecule has 4 aromatic heterocycles. The quantitative estimate of drug-likeness (QED) is 0.273. The summed E-state index contributed by atoms with van der Waals surface area (Å²) in [4.78, 5) is 18.6. The van der Waals surface area contributed by atoms with E-state index in [1.165, 1.54) is 19.0 Å². The Hall–Kier alpha value is -4.43. The van der Waals surface area contributed by atoms with Gasteiger partial charge in [-0.1, -0.05) is 19.1 Å². The van der Waals surface area contributed by atoms with Crippen LogP contribution in [0.1, 0.15) is 18.9 Å². The molecule has 6 aromatic rings. The van der Waals surface area contributed by atoms with Crippen LogP contribution in [0.15, 0.2) is 73.3 Å². The van der Waals surface area contributed by atoms with Crippen molar-refractivity contribution in [2.45, 2.75) is 20.3 Å². The SMILES string of the molecule is CCCN(C)C.Cc1cc(F)cc(-c2ccnc3[nH]c(-c4n[nH]c5ccc(-c6cnccn6)cc45)cc23)c1. The molecule has 8 heteroatoms. The van der Waals surface area contributed by atoms with E-state index in [9.17, 15) is 4.39 Å². The van der Waals surface area contributed by atoms with Gasteiger partial charge in [0.15, 0.2) is 0 Å². The van der Waals surface area contributed by atoms with Crippen LogP contribution in [0.3, 0.4) is 0 Å². The Kier molecular flexibility index (Phi) is 7.24. The number of pyridine rings is 1. The van der Waals surface area contributed by atoms with Crippen LogP contribution in [-0.2, 0) is 0 Å². The number of aromatic amines is 2. The summed E-state index contributed by atoms with van der Waals surface area (Å²) in [6, 6.07) is 15.0. The molecule has 2 N–H and O–H groups in total. The molecule has 2 aromatic carbocycles. The maximum atomic E-state index is 14.0. The summed E-state index contributed by atoms with van der Waals surface area (Å²) < 4.78 is 14.0. The van der Waals surface area contributed by atoms with Gasteiger partial charge in [0.1, 0.15) is 17.2 Å². The first-order valence-corrected chi connectivity index (χ1v) is 12.6. The third kappa shape index (κ3) is 5.31. The summed E-state index contributed by atoms with van der Waals surface area (Å²) in [6.07, 6.45) is 8.05. The zero-order valence-corrected chi connectivity index (χ0v) is 22.0. The predicted octanol–water partition coefficient (Wildman–Crippen LogP) is 6.64. The minimum Gasteiger partial charge on any atom is -0.338 e. The van der Waals surface area contributed by atoms with Gasteiger partial charge in [-0.05, 0) is 87.1 Å². The van der Waals surface area contributed by atoms with Crippen LogP contribution < -0.4 is 0 Å². The summed E-state index contributed by atoms with van der Waals surface area (Å²) in [5, 5.41) is 9.51. The Morgan fingerprint density at radius 2 is 1.76 bits per heavy atom. The van der Waals surface area contributed by atoms with E-state index in [1.807, 2.05) is 43.3 Å². The van der Waals surface area contributed by atoms with Crippen molar-refractivity contribution in [1.82, 2.24) is 35.0 Å². The van der Waals surface area contributed by atoms with Gasteiger partial charge in [0.2, 0.25) is 0 Å². The van der Waals surface area contributed by atoms with Gasteiger partial charge >= 0.3 is 0 Å². The van der Waals surface area contributed by atoms with Crippen molar-refractivity contribution in [2.75, 3.05) is 20.6 Å². The van der Waals surface area contributed by atoms with Gasteiger partial charge in [0.25, 0.3) is 0 Å². The molecule has 0 aliphatic rings. The maximum absolute atomic E-state index is 14.0. The van der Waals surface area contributed by atoms with Gasteiger partial charge in [-0.3, -0.25) is 15.1 Å². The molecule has 6 rings (SSSR count). The third-order valence-corrected chi connectivity index (χ3v) is 6.23. The minimum absolute atomic E-state index is 0.254. The van der Waals surface area contributed by atoms with Gasteiger partial charge in [0, 0.05) is 34.9 Å². The number of rotatable bonds is 5. The number of nitrogens with one attached hydrogen (secondary N) is 2. The molecule has 7 nitrogen and oxygen atoms in total. The molecule has 38 heavy (non-hydrogen) atoms. The highest BCUT2D eigenvalue weighted by Gasteiger charge is 2.15. The molecule has 0 atom stereocenters. The number of hydrogen-bond donors (Lipinski definition) is 2. The molecule has 0 radical (unpaired) electrons. The summed E-state index contributed by atoms with van der Waals surface area (Å²) in [7, 11) is 4.17. The average Bonchev–Trinajstić information content (AvgIpc) is 3.52. The number of aryl methyl sites for hydroxylation is 1. The van der Waals surface area contributed by atoms with Crippen molar-refractivity contribution >= 4 is 21.9 Å². The van der Waals surface area contributed by atoms with E-state index in [2.05, 4.69) is 56.1 Å². The van der Waals surface area contributed by atoms with Crippen LogP contribution in [0.2, 0.25) is 0 Å². The highest BCUT2D eigenvalue weighted by atomic mass is 19.1. The largest absolute Gasteiger partial charge is 0.338 e. The van der Waals surface area contributed by atoms with E-state index in [4.69, 9.17) is 0 Å². The first-order valence-electron chi connectivity index (χ1n) is 12.6. The van der Waals surface area contributed by atoms with Crippen molar-refractivity contribution in [3.05, 3.63) is 84.7 Å². The number of benzene rings is 2. The zero-order valence-electron chi connectivity index (χ0n) is 22.0. The molecule has 0 unspecified atom stereocenters. The third-order valence-electron chi connectivity index (χ3n) is 6.23. The highest BCUT2D eigenvalue weighted by Crippen LogP contribution is 2.34. The number of nitrogens with zero attached hydrogens (tertiary/aromatic N) is 5. The van der Waals surface area contributed by atoms with Crippen molar-refractivity contribution in [3.63, 3.8) is 0 Å². The van der Waals surface area contributed by atoms with Gasteiger partial charge in [-0.15, -0.1) is 0 Å². The van der Waals surface area contributed by atoms with E-state index in [-0.39, 0.29) is 5.82 Å². The molecule has 0 amide bonds. The van der Waals surface area contributed by atoms with Crippen LogP contribution in [-0.4, -0.2) is 55.7 Å². The maximum Gasteiger partial charge on any atom is 0.138 e. The normalized spacial score (nSPS) is 11.2. The van der Waals surface area contributed by atoms with E-state index < -0.39 is 0 Å². The summed E-state index contributed by atoms with van der Waals surface area (Å²) >= 11 is 0. The molecular formula is C30H30FN7. The summed E-state index contributed by atoms with van der Waals surface area (Å²) in [5.74, 6) is -0.254. The van der Waals surface area contributed by atoms with Crippen molar-refractivity contribution in [2.24, 2.45) is 0 Å². The van der Waals surface area contributed by atoms with Gasteiger partial charge in [0.05, 0.1) is 23.1 Å². The number of aromatic nitrogens is 6. The van der Waals surface area contributed by atoms with Crippen LogP contribution in [0.5, 0.6) is 0 Å². The van der Waals surface area contributed by atoms with Crippen LogP contribution in [0.25, 0.3) is 55.7 Å². The van der Waals surface area contributed by atoms with Crippen molar-refractivity contribution < 1.29 is 4.39 Å². The standard InChI is InChI=1S/C25H17FN6.C5H13N/c1-14-8-16(10-17(26)9-14)18-4-5-29-25-19(18)12-22(30-25)24-20-11-15(2-3-21(20)31-32-24)23-13-27-6-7-28-23;1-4-5-6(2)3/h2-13H,1H3,(H,29,30)(H,31,32);4-5H2,1-3H3. The molecule has 192 valence electrons. The molecule has 0 aliphatic carbocycles. The molecule has 0 bridgehead atoms.